The summed E-state index contributed by atoms with van der Waals surface area (Å²) < 4.78 is 23.4. The number of hydrogen-bond donors (Lipinski definition) is 2. The Morgan fingerprint density at radius 3 is 2.35 bits per heavy atom. The highest BCUT2D eigenvalue weighted by molar-refractivity contribution is 7.92. The quantitative estimate of drug-likeness (QED) is 0.620. The van der Waals surface area contributed by atoms with Crippen LogP contribution in [-0.4, -0.2) is 66.5 Å². The van der Waals surface area contributed by atoms with E-state index in [1.54, 1.807) is 13.8 Å². The van der Waals surface area contributed by atoms with Gasteiger partial charge in [0.15, 0.2) is 9.84 Å². The minimum Gasteiger partial charge on any atom is -0.480 e. The monoisotopic (exact) mass is 346 g/mol. The molecule has 0 aliphatic heterocycles. The maximum Gasteiger partial charge on any atom is 0.317 e. The van der Waals surface area contributed by atoms with Crippen LogP contribution in [0.4, 0.5) is 0 Å². The van der Waals surface area contributed by atoms with Gasteiger partial charge in [-0.2, -0.15) is 0 Å². The van der Waals surface area contributed by atoms with Gasteiger partial charge in [0.25, 0.3) is 0 Å². The number of sulfone groups is 1. The van der Waals surface area contributed by atoms with Crippen molar-refractivity contribution in [2.75, 3.05) is 18.8 Å². The third kappa shape index (κ3) is 5.46. The average molecular weight is 346 g/mol. The number of carbonyl (C=O) groups is 2. The van der Waals surface area contributed by atoms with Crippen LogP contribution in [0.25, 0.3) is 0 Å². The van der Waals surface area contributed by atoms with Gasteiger partial charge in [0.1, 0.15) is 5.75 Å². The van der Waals surface area contributed by atoms with E-state index in [0.29, 0.717) is 18.8 Å². The fraction of sp³-hybridized carbons (Fsp3) is 0.867. The molecule has 2 aliphatic carbocycles. The van der Waals surface area contributed by atoms with Gasteiger partial charge in [0.2, 0.25) is 5.91 Å². The summed E-state index contributed by atoms with van der Waals surface area (Å²) in [5.74, 6) is -1.17. The predicted molar refractivity (Wildman–Crippen MR) is 85.8 cm³/mol. The summed E-state index contributed by atoms with van der Waals surface area (Å²) in [6.07, 6.45) is 3.70. The van der Waals surface area contributed by atoms with E-state index < -0.39 is 32.7 Å². The molecule has 8 heteroatoms. The van der Waals surface area contributed by atoms with E-state index in [9.17, 15) is 18.0 Å². The molecule has 0 atom stereocenters. The van der Waals surface area contributed by atoms with Gasteiger partial charge in [-0.1, -0.05) is 0 Å². The van der Waals surface area contributed by atoms with Crippen molar-refractivity contribution in [3.05, 3.63) is 0 Å². The van der Waals surface area contributed by atoms with Gasteiger partial charge in [-0.25, -0.2) is 8.42 Å². The van der Waals surface area contributed by atoms with Crippen LogP contribution in [0.15, 0.2) is 0 Å². The number of aliphatic carboxylic acids is 1. The van der Waals surface area contributed by atoms with Gasteiger partial charge in [0, 0.05) is 18.6 Å². The fourth-order valence-electron chi connectivity index (χ4n) is 2.77. The molecular formula is C15H26N2O5S. The molecule has 7 nitrogen and oxygen atoms in total. The summed E-state index contributed by atoms with van der Waals surface area (Å²) in [4.78, 5) is 24.7. The normalized spacial score (nSPS) is 24.5. The van der Waals surface area contributed by atoms with Gasteiger partial charge in [-0.05, 0) is 45.4 Å². The second-order valence-electron chi connectivity index (χ2n) is 7.01. The minimum absolute atomic E-state index is 0.0313. The number of carbonyl (C=O) groups excluding carboxylic acids is 1. The molecule has 0 aromatic heterocycles. The molecule has 0 unspecified atom stereocenters. The first kappa shape index (κ1) is 18.2. The van der Waals surface area contributed by atoms with Crippen molar-refractivity contribution in [3.8, 4) is 0 Å². The molecule has 0 aromatic rings. The van der Waals surface area contributed by atoms with Crippen LogP contribution in [0, 0.1) is 5.92 Å². The Morgan fingerprint density at radius 2 is 1.87 bits per heavy atom. The Balaban J connectivity index is 1.76. The number of rotatable bonds is 9. The summed E-state index contributed by atoms with van der Waals surface area (Å²) in [6, 6.07) is 0.115. The number of carboxylic acid groups (broad SMARTS) is 1. The molecule has 0 heterocycles. The fourth-order valence-corrected chi connectivity index (χ4v) is 3.55. The highest BCUT2D eigenvalue weighted by Gasteiger charge is 2.38. The summed E-state index contributed by atoms with van der Waals surface area (Å²) >= 11 is 0. The minimum atomic E-state index is -3.38. The van der Waals surface area contributed by atoms with Crippen LogP contribution in [0.2, 0.25) is 0 Å². The zero-order valence-corrected chi connectivity index (χ0v) is 14.5. The summed E-state index contributed by atoms with van der Waals surface area (Å²) in [7, 11) is -3.38. The van der Waals surface area contributed by atoms with Crippen molar-refractivity contribution in [2.45, 2.75) is 56.9 Å². The number of hydrogen-bond acceptors (Lipinski definition) is 5. The Kier molecular flexibility index (Phi) is 5.67. The number of carboxylic acids is 1. The Bertz CT molecular complexity index is 550. The first-order valence-electron chi connectivity index (χ1n) is 8.14. The van der Waals surface area contributed by atoms with Crippen molar-refractivity contribution in [1.82, 2.24) is 10.2 Å². The van der Waals surface area contributed by atoms with E-state index in [4.69, 9.17) is 5.11 Å². The Labute approximate surface area is 137 Å². The molecule has 0 bridgehead atoms. The van der Waals surface area contributed by atoms with Crippen LogP contribution in [-0.2, 0) is 19.4 Å². The number of amides is 1. The molecule has 0 saturated heterocycles. The third-order valence-electron chi connectivity index (χ3n) is 4.57. The summed E-state index contributed by atoms with van der Waals surface area (Å²) in [5.41, 5.74) is 0. The Hall–Kier alpha value is -1.15. The highest BCUT2D eigenvalue weighted by atomic mass is 32.2. The molecule has 0 spiro atoms. The molecular weight excluding hydrogens is 320 g/mol. The molecule has 23 heavy (non-hydrogen) atoms. The van der Waals surface area contributed by atoms with Crippen LogP contribution >= 0.6 is 0 Å². The van der Waals surface area contributed by atoms with E-state index in [2.05, 4.69) is 5.32 Å². The smallest absolute Gasteiger partial charge is 0.317 e. The molecule has 2 rings (SSSR count). The van der Waals surface area contributed by atoms with Gasteiger partial charge in [-0.3, -0.25) is 14.5 Å². The van der Waals surface area contributed by atoms with Crippen LogP contribution in [0.1, 0.15) is 39.5 Å². The zero-order chi connectivity index (χ0) is 17.2. The number of nitrogens with one attached hydrogen (secondary N) is 1. The van der Waals surface area contributed by atoms with E-state index in [0.717, 1.165) is 19.4 Å². The highest BCUT2D eigenvalue weighted by Crippen LogP contribution is 2.33. The van der Waals surface area contributed by atoms with Gasteiger partial charge in [0.05, 0.1) is 11.8 Å². The lowest BCUT2D eigenvalue weighted by Gasteiger charge is -2.42. The largest absolute Gasteiger partial charge is 0.480 e. The van der Waals surface area contributed by atoms with Gasteiger partial charge in [-0.15, -0.1) is 0 Å². The molecule has 1 amide bonds. The SMILES string of the molecule is CC(C)S(=O)(=O)CC(=O)NC1CC(N(CC(=O)O)CC2CC2)C1. The van der Waals surface area contributed by atoms with Crippen molar-refractivity contribution in [3.63, 3.8) is 0 Å². The topological polar surface area (TPSA) is 104 Å². The van der Waals surface area contributed by atoms with Crippen LogP contribution in [0.3, 0.4) is 0 Å². The lowest BCUT2D eigenvalue weighted by atomic mass is 9.85. The van der Waals surface area contributed by atoms with Crippen molar-refractivity contribution in [2.24, 2.45) is 5.92 Å². The third-order valence-corrected chi connectivity index (χ3v) is 6.67. The second-order valence-corrected chi connectivity index (χ2v) is 9.57. The van der Waals surface area contributed by atoms with Crippen molar-refractivity contribution < 1.29 is 23.1 Å². The van der Waals surface area contributed by atoms with Crippen LogP contribution in [0.5, 0.6) is 0 Å². The molecule has 2 N–H and O–H groups in total. The second kappa shape index (κ2) is 7.17. The lowest BCUT2D eigenvalue weighted by Crippen LogP contribution is -2.56. The molecule has 2 aliphatic rings. The molecule has 2 fully saturated rings. The molecule has 0 radical (unpaired) electrons. The number of nitrogens with zero attached hydrogens (tertiary/aromatic N) is 1. The van der Waals surface area contributed by atoms with Crippen molar-refractivity contribution in [1.29, 1.82) is 0 Å². The average Bonchev–Trinajstić information content (AvgIpc) is 3.15. The van der Waals surface area contributed by atoms with Crippen molar-refractivity contribution >= 4 is 21.7 Å². The van der Waals surface area contributed by atoms with Crippen LogP contribution < -0.4 is 5.32 Å². The van der Waals surface area contributed by atoms with E-state index in [1.165, 1.54) is 0 Å². The first-order valence-corrected chi connectivity index (χ1v) is 9.85. The predicted octanol–water partition coefficient (Wildman–Crippen LogP) is 0.253. The summed E-state index contributed by atoms with van der Waals surface area (Å²) in [6.45, 7) is 3.95. The zero-order valence-electron chi connectivity index (χ0n) is 13.7. The van der Waals surface area contributed by atoms with Gasteiger partial charge >= 0.3 is 5.97 Å². The molecule has 2 saturated carbocycles. The molecule has 0 aromatic carbocycles. The molecule has 132 valence electrons. The summed E-state index contributed by atoms with van der Waals surface area (Å²) in [5, 5.41) is 11.2. The maximum atomic E-state index is 11.8. The maximum absolute atomic E-state index is 11.8. The van der Waals surface area contributed by atoms with E-state index in [-0.39, 0.29) is 18.6 Å². The van der Waals surface area contributed by atoms with E-state index >= 15 is 0 Å². The van der Waals surface area contributed by atoms with E-state index in [1.807, 2.05) is 4.90 Å². The van der Waals surface area contributed by atoms with Gasteiger partial charge < -0.3 is 10.4 Å². The Morgan fingerprint density at radius 1 is 1.26 bits per heavy atom. The lowest BCUT2D eigenvalue weighted by molar-refractivity contribution is -0.140. The first-order chi connectivity index (χ1) is 10.7. The standard InChI is InChI=1S/C15H26N2O5S/c1-10(2)23(21,22)9-14(18)16-12-5-13(6-12)17(8-15(19)20)7-11-3-4-11/h10-13H,3-9H2,1-2H3,(H,16,18)(H,19,20).